The van der Waals surface area contributed by atoms with Crippen molar-refractivity contribution in [2.24, 2.45) is 22.6 Å². The van der Waals surface area contributed by atoms with Gasteiger partial charge in [-0.25, -0.2) is 0 Å². The lowest BCUT2D eigenvalue weighted by Crippen LogP contribution is -2.52. The maximum absolute atomic E-state index is 9.12. The molecule has 19 heavy (non-hydrogen) atoms. The van der Waals surface area contributed by atoms with Gasteiger partial charge in [0.05, 0.1) is 18.6 Å². The molecule has 0 radical (unpaired) electrons. The molecule has 1 aliphatic heterocycles. The van der Waals surface area contributed by atoms with Crippen LogP contribution in [-0.4, -0.2) is 30.7 Å². The zero-order valence-corrected chi connectivity index (χ0v) is 11.9. The number of nitriles is 1. The van der Waals surface area contributed by atoms with E-state index in [2.05, 4.69) is 22.5 Å². The Labute approximate surface area is 117 Å². The quantitative estimate of drug-likeness (QED) is 0.810. The number of nitrogens with one attached hydrogen (secondary N) is 1. The van der Waals surface area contributed by atoms with E-state index in [1.807, 2.05) is 18.4 Å². The van der Waals surface area contributed by atoms with Gasteiger partial charge in [0.2, 0.25) is 0 Å². The lowest BCUT2D eigenvalue weighted by atomic mass is 9.95. The highest BCUT2D eigenvalue weighted by molar-refractivity contribution is 7.99. The third-order valence-corrected chi connectivity index (χ3v) is 4.29. The Morgan fingerprint density at radius 1 is 1.63 bits per heavy atom. The largest absolute Gasteiger partial charge is 0.497 e. The van der Waals surface area contributed by atoms with Crippen LogP contribution in [0.25, 0.3) is 0 Å². The van der Waals surface area contributed by atoms with Crippen molar-refractivity contribution in [3.8, 4) is 6.07 Å². The van der Waals surface area contributed by atoms with Crippen LogP contribution in [0.2, 0.25) is 0 Å². The van der Waals surface area contributed by atoms with Gasteiger partial charge < -0.3 is 10.5 Å². The van der Waals surface area contributed by atoms with Crippen LogP contribution >= 0.6 is 11.8 Å². The molecule has 2 rings (SSSR count). The summed E-state index contributed by atoms with van der Waals surface area (Å²) in [6, 6.07) is 2.21. The van der Waals surface area contributed by atoms with Crippen LogP contribution in [0.3, 0.4) is 0 Å². The Morgan fingerprint density at radius 3 is 2.95 bits per heavy atom. The number of thioether (sulfide) groups is 1. The van der Waals surface area contributed by atoms with Crippen LogP contribution in [0, 0.1) is 23.2 Å². The fourth-order valence-corrected chi connectivity index (χ4v) is 3.01. The van der Waals surface area contributed by atoms with E-state index in [1.165, 1.54) is 0 Å². The van der Waals surface area contributed by atoms with Gasteiger partial charge in [-0.3, -0.25) is 10.3 Å². The average Bonchev–Trinajstić information content (AvgIpc) is 2.46. The van der Waals surface area contributed by atoms with Gasteiger partial charge in [0.15, 0.2) is 0 Å². The maximum Gasteiger partial charge on any atom is 0.128 e. The van der Waals surface area contributed by atoms with E-state index in [9.17, 15) is 0 Å². The van der Waals surface area contributed by atoms with Gasteiger partial charge in [0.1, 0.15) is 23.7 Å². The molecule has 4 unspecified atom stereocenters. The van der Waals surface area contributed by atoms with Crippen LogP contribution < -0.4 is 11.1 Å². The number of aliphatic imine (C=N–C) groups is 1. The molecule has 1 aliphatic carbocycles. The third kappa shape index (κ3) is 2.94. The summed E-state index contributed by atoms with van der Waals surface area (Å²) in [7, 11) is 1.66. The molecule has 2 aliphatic rings. The second-order valence-electron chi connectivity index (χ2n) is 4.50. The lowest BCUT2D eigenvalue weighted by molar-refractivity contribution is 0.296. The van der Waals surface area contributed by atoms with Crippen molar-refractivity contribution in [2.45, 2.75) is 18.0 Å². The summed E-state index contributed by atoms with van der Waals surface area (Å²) in [6.45, 7) is 0. The molecule has 0 spiro atoms. The Balaban J connectivity index is 2.11. The fraction of sp³-hybridized carbons (Fsp3) is 0.538. The number of nitrogens with two attached hydrogens (primary N) is 1. The Bertz CT molecular complexity index is 466. The van der Waals surface area contributed by atoms with Gasteiger partial charge in [0, 0.05) is 5.92 Å². The van der Waals surface area contributed by atoms with Crippen molar-refractivity contribution in [1.29, 1.82) is 5.26 Å². The minimum absolute atomic E-state index is 0.00583. The number of methoxy groups -OCH3 is 1. The van der Waals surface area contributed by atoms with E-state index in [0.29, 0.717) is 5.84 Å². The second kappa shape index (κ2) is 6.13. The van der Waals surface area contributed by atoms with Crippen molar-refractivity contribution >= 4 is 17.6 Å². The van der Waals surface area contributed by atoms with E-state index in [0.717, 1.165) is 12.2 Å². The van der Waals surface area contributed by atoms with E-state index in [1.54, 1.807) is 18.9 Å². The third-order valence-electron chi connectivity index (χ3n) is 3.38. The first-order chi connectivity index (χ1) is 9.19. The average molecular weight is 278 g/mol. The molecule has 102 valence electrons. The van der Waals surface area contributed by atoms with Gasteiger partial charge >= 0.3 is 0 Å². The summed E-state index contributed by atoms with van der Waals surface area (Å²) in [5.41, 5.74) is 5.92. The highest BCUT2D eigenvalue weighted by Gasteiger charge is 2.34. The summed E-state index contributed by atoms with van der Waals surface area (Å²) in [5, 5.41) is 12.5. The molecule has 0 fully saturated rings. The first-order valence-corrected chi connectivity index (χ1v) is 7.42. The van der Waals surface area contributed by atoms with Crippen LogP contribution in [-0.2, 0) is 4.74 Å². The van der Waals surface area contributed by atoms with Crippen LogP contribution in [0.4, 0.5) is 0 Å². The SMILES string of the molecule is COC1=CCC(C2N=C(N)C(C#N)C(SC)N2)C=C1. The summed E-state index contributed by atoms with van der Waals surface area (Å²) in [6.07, 6.45) is 8.82. The van der Waals surface area contributed by atoms with Gasteiger partial charge in [0.25, 0.3) is 0 Å². The molecule has 5 nitrogen and oxygen atoms in total. The molecule has 0 saturated heterocycles. The molecule has 3 N–H and O–H groups in total. The van der Waals surface area contributed by atoms with Gasteiger partial charge in [-0.05, 0) is 24.8 Å². The number of ether oxygens (including phenoxy) is 1. The highest BCUT2D eigenvalue weighted by atomic mass is 32.2. The van der Waals surface area contributed by atoms with Crippen molar-refractivity contribution in [3.05, 3.63) is 24.0 Å². The molecular weight excluding hydrogens is 260 g/mol. The van der Waals surface area contributed by atoms with E-state index in [4.69, 9.17) is 15.7 Å². The predicted molar refractivity (Wildman–Crippen MR) is 77.3 cm³/mol. The molecule has 1 heterocycles. The van der Waals surface area contributed by atoms with Crippen molar-refractivity contribution in [3.63, 3.8) is 0 Å². The smallest absolute Gasteiger partial charge is 0.128 e. The topological polar surface area (TPSA) is 83.4 Å². The standard InChI is InChI=1S/C13H18N4OS/c1-18-9-5-3-8(4-6-9)12-16-11(15)10(7-14)13(17-12)19-2/h3,5-6,8,10,12-13,17H,4H2,1-2H3,(H2,15,16). The van der Waals surface area contributed by atoms with Crippen LogP contribution in [0.1, 0.15) is 6.42 Å². The summed E-state index contributed by atoms with van der Waals surface area (Å²) >= 11 is 1.60. The molecule has 6 heteroatoms. The maximum atomic E-state index is 9.12. The van der Waals surface area contributed by atoms with E-state index < -0.39 is 0 Å². The summed E-state index contributed by atoms with van der Waals surface area (Å²) < 4.78 is 5.17. The second-order valence-corrected chi connectivity index (χ2v) is 5.48. The van der Waals surface area contributed by atoms with Crippen LogP contribution in [0.5, 0.6) is 0 Å². The first-order valence-electron chi connectivity index (χ1n) is 6.13. The molecule has 0 bridgehead atoms. The molecule has 0 aromatic heterocycles. The number of rotatable bonds is 3. The Morgan fingerprint density at radius 2 is 2.42 bits per heavy atom. The summed E-state index contributed by atoms with van der Waals surface area (Å²) in [5.74, 6) is 1.19. The molecule has 0 saturated carbocycles. The van der Waals surface area contributed by atoms with E-state index >= 15 is 0 Å². The number of hydrogen-bond donors (Lipinski definition) is 2. The molecule has 0 amide bonds. The number of allylic oxidation sites excluding steroid dienone is 2. The van der Waals surface area contributed by atoms with Crippen molar-refractivity contribution < 1.29 is 4.74 Å². The zero-order chi connectivity index (χ0) is 13.8. The number of nitrogens with zero attached hydrogens (tertiary/aromatic N) is 2. The number of amidine groups is 1. The minimum atomic E-state index is -0.358. The first kappa shape index (κ1) is 14.0. The van der Waals surface area contributed by atoms with Crippen LogP contribution in [0.15, 0.2) is 29.0 Å². The van der Waals surface area contributed by atoms with Gasteiger partial charge in [-0.1, -0.05) is 6.08 Å². The Hall–Kier alpha value is -1.45. The van der Waals surface area contributed by atoms with Gasteiger partial charge in [-0.2, -0.15) is 5.26 Å². The molecule has 0 aromatic carbocycles. The monoisotopic (exact) mass is 278 g/mol. The van der Waals surface area contributed by atoms with Gasteiger partial charge in [-0.15, -0.1) is 11.8 Å². The molecule has 0 aromatic rings. The fourth-order valence-electron chi connectivity index (χ4n) is 2.26. The minimum Gasteiger partial charge on any atom is -0.497 e. The number of hydrogen-bond acceptors (Lipinski definition) is 6. The predicted octanol–water partition coefficient (Wildman–Crippen LogP) is 1.21. The highest BCUT2D eigenvalue weighted by Crippen LogP contribution is 2.27. The normalized spacial score (nSPS) is 34.2. The van der Waals surface area contributed by atoms with E-state index in [-0.39, 0.29) is 23.4 Å². The van der Waals surface area contributed by atoms with Crippen molar-refractivity contribution in [2.75, 3.05) is 13.4 Å². The zero-order valence-electron chi connectivity index (χ0n) is 11.0. The molecule has 4 atom stereocenters. The summed E-state index contributed by atoms with van der Waals surface area (Å²) in [4.78, 5) is 4.43. The Kier molecular flexibility index (Phi) is 4.51. The molecular formula is C13H18N4OS. The van der Waals surface area contributed by atoms with Crippen molar-refractivity contribution in [1.82, 2.24) is 5.32 Å². The lowest BCUT2D eigenvalue weighted by Gasteiger charge is -2.34.